The third-order valence-corrected chi connectivity index (χ3v) is 25.8. The van der Waals surface area contributed by atoms with Crippen molar-refractivity contribution >= 4 is 37.0 Å². The first-order chi connectivity index (χ1) is 7.97. The van der Waals surface area contributed by atoms with Crippen molar-refractivity contribution in [2.45, 2.75) is 104 Å². The molecule has 0 amide bonds. The predicted octanol–water partition coefficient (Wildman–Crippen LogP) is 7.90. The largest absolute Gasteiger partial charge is 0.147 e. The molecule has 0 saturated carbocycles. The first-order valence-electron chi connectivity index (χ1n) is 7.18. The summed E-state index contributed by atoms with van der Waals surface area (Å²) in [7, 11) is 0. The molecule has 0 bridgehead atoms. The molecule has 0 heterocycles. The van der Waals surface area contributed by atoms with Crippen molar-refractivity contribution in [3.05, 3.63) is 0 Å². The van der Waals surface area contributed by atoms with Gasteiger partial charge in [-0.25, -0.2) is 0 Å². The molecule has 0 saturated heterocycles. The summed E-state index contributed by atoms with van der Waals surface area (Å²) in [6, 6.07) is 0. The molecular weight excluding hydrogens is 431 g/mol. The van der Waals surface area contributed by atoms with E-state index in [2.05, 4.69) is 83.1 Å². The van der Waals surface area contributed by atoms with E-state index >= 15 is 0 Å². The van der Waals surface area contributed by atoms with Crippen LogP contribution in [0.1, 0.15) is 83.1 Å². The quantitative estimate of drug-likeness (QED) is 0.285. The van der Waals surface area contributed by atoms with E-state index in [-0.39, 0.29) is 37.0 Å². The zero-order valence-corrected chi connectivity index (χ0v) is 21.0. The minimum atomic E-state index is 0. The van der Waals surface area contributed by atoms with Crippen molar-refractivity contribution in [1.82, 2.24) is 0 Å². The fourth-order valence-electron chi connectivity index (χ4n) is 2.46. The molecule has 0 aliphatic rings. The van der Waals surface area contributed by atoms with Crippen LogP contribution in [-0.4, -0.2) is 20.6 Å². The summed E-state index contributed by atoms with van der Waals surface area (Å²) in [5.41, 5.74) is 0. The maximum atomic E-state index is 2.46. The molecule has 0 unspecified atom stereocenters. The van der Waals surface area contributed by atoms with Crippen molar-refractivity contribution in [2.24, 2.45) is 0 Å². The van der Waals surface area contributed by atoms with Gasteiger partial charge in [-0.05, 0) is 0 Å². The Morgan fingerprint density at radius 1 is 0.429 bits per heavy atom. The van der Waals surface area contributed by atoms with E-state index in [9.17, 15) is 0 Å². The van der Waals surface area contributed by atoms with Crippen LogP contribution in [0.2, 0.25) is 0 Å². The topological polar surface area (TPSA) is 0 Å². The van der Waals surface area contributed by atoms with Crippen LogP contribution in [0.15, 0.2) is 0 Å². The molecule has 0 spiro atoms. The SMILES string of the molecule is CC(C)(C)[P]([Pd][P](C(C)(C)C)C(C)(C)C)C(C)(C)C.Cl.Cl. The van der Waals surface area contributed by atoms with E-state index in [1.54, 1.807) is 0 Å². The summed E-state index contributed by atoms with van der Waals surface area (Å²) >= 11 is 0.910. The first-order valence-corrected chi connectivity index (χ1v) is 13.7. The van der Waals surface area contributed by atoms with Crippen LogP contribution in [0.25, 0.3) is 0 Å². The summed E-state index contributed by atoms with van der Waals surface area (Å²) in [6.07, 6.45) is 0.136. The van der Waals surface area contributed by atoms with Crippen LogP contribution in [0.5, 0.6) is 0 Å². The van der Waals surface area contributed by atoms with Gasteiger partial charge in [-0.1, -0.05) is 0 Å². The molecule has 0 aromatic heterocycles. The third kappa shape index (κ3) is 9.86. The zero-order chi connectivity index (χ0) is 15.9. The zero-order valence-electron chi connectivity index (χ0n) is 16.0. The van der Waals surface area contributed by atoms with Gasteiger partial charge in [-0.3, -0.25) is 0 Å². The van der Waals surface area contributed by atoms with Gasteiger partial charge in [0.15, 0.2) is 0 Å². The Bertz CT molecular complexity index is 235. The smallest absolute Gasteiger partial charge is 0.147 e. The van der Waals surface area contributed by atoms with Gasteiger partial charge in [-0.2, -0.15) is 0 Å². The van der Waals surface area contributed by atoms with Gasteiger partial charge >= 0.3 is 133 Å². The average Bonchev–Trinajstić information content (AvgIpc) is 1.91. The second-order valence-corrected chi connectivity index (χ2v) is 23.1. The van der Waals surface area contributed by atoms with Gasteiger partial charge in [0, 0.05) is 0 Å². The maximum absolute atomic E-state index is 2.46. The Labute approximate surface area is 157 Å². The van der Waals surface area contributed by atoms with Gasteiger partial charge in [0.25, 0.3) is 0 Å². The number of rotatable bonds is 2. The number of hydrogen-bond acceptors (Lipinski definition) is 0. The van der Waals surface area contributed by atoms with E-state index in [4.69, 9.17) is 0 Å². The Balaban J connectivity index is -0.00000162. The monoisotopic (exact) mass is 468 g/mol. The fourth-order valence-corrected chi connectivity index (χ4v) is 29.6. The van der Waals surface area contributed by atoms with Crippen molar-refractivity contribution in [1.29, 1.82) is 0 Å². The molecular formula is C16H38Cl2P2Pd. The van der Waals surface area contributed by atoms with E-state index in [1.165, 1.54) is 0 Å². The van der Waals surface area contributed by atoms with Crippen LogP contribution >= 0.6 is 37.0 Å². The first kappa shape index (κ1) is 27.9. The van der Waals surface area contributed by atoms with Gasteiger partial charge in [0.2, 0.25) is 0 Å². The molecule has 0 N–H and O–H groups in total. The summed E-state index contributed by atoms with van der Waals surface area (Å²) in [5.74, 6) is 0. The van der Waals surface area contributed by atoms with Crippen molar-refractivity contribution in [3.8, 4) is 0 Å². The molecule has 0 aliphatic heterocycles. The summed E-state index contributed by atoms with van der Waals surface area (Å²) < 4.78 is 0. The Morgan fingerprint density at radius 2 is 0.571 bits per heavy atom. The Morgan fingerprint density at radius 3 is 0.667 bits per heavy atom. The summed E-state index contributed by atoms with van der Waals surface area (Å²) in [5, 5.41) is 1.89. The summed E-state index contributed by atoms with van der Waals surface area (Å²) in [6.45, 7) is 29.5. The normalized spacial score (nSPS) is 14.2. The molecule has 0 fully saturated rings. The molecule has 0 aromatic carbocycles. The van der Waals surface area contributed by atoms with Crippen LogP contribution < -0.4 is 0 Å². The van der Waals surface area contributed by atoms with E-state index in [1.807, 2.05) is 0 Å². The van der Waals surface area contributed by atoms with Crippen LogP contribution in [-0.2, 0) is 17.0 Å². The molecule has 0 radical (unpaired) electrons. The predicted molar refractivity (Wildman–Crippen MR) is 107 cm³/mol. The van der Waals surface area contributed by atoms with Crippen molar-refractivity contribution in [2.75, 3.05) is 0 Å². The molecule has 0 aromatic rings. The molecule has 21 heavy (non-hydrogen) atoms. The molecule has 0 nitrogen and oxygen atoms in total. The maximum Gasteiger partial charge on any atom is -0.147 e. The van der Waals surface area contributed by atoms with E-state index in [0.717, 1.165) is 17.0 Å². The minimum absolute atomic E-state index is 0. The van der Waals surface area contributed by atoms with Gasteiger partial charge in [0.05, 0.1) is 0 Å². The van der Waals surface area contributed by atoms with Crippen LogP contribution in [0.3, 0.4) is 0 Å². The molecule has 5 heteroatoms. The van der Waals surface area contributed by atoms with Gasteiger partial charge in [-0.15, -0.1) is 24.8 Å². The van der Waals surface area contributed by atoms with Gasteiger partial charge < -0.3 is 0 Å². The molecule has 0 aliphatic carbocycles. The van der Waals surface area contributed by atoms with Crippen molar-refractivity contribution in [3.63, 3.8) is 0 Å². The molecule has 0 atom stereocenters. The third-order valence-electron chi connectivity index (χ3n) is 2.32. The van der Waals surface area contributed by atoms with Gasteiger partial charge in [0.1, 0.15) is 0 Å². The molecule has 136 valence electrons. The Kier molecular flexibility index (Phi) is 11.9. The number of halogens is 2. The Hall–Kier alpha value is 2.10. The van der Waals surface area contributed by atoms with Crippen LogP contribution in [0.4, 0.5) is 0 Å². The molecule has 0 rings (SSSR count). The second-order valence-electron chi connectivity index (χ2n) is 9.25. The van der Waals surface area contributed by atoms with E-state index < -0.39 is 0 Å². The van der Waals surface area contributed by atoms with Crippen LogP contribution in [0, 0.1) is 0 Å². The van der Waals surface area contributed by atoms with E-state index in [0.29, 0.717) is 20.6 Å². The standard InChI is InChI=1S/2C8H18P.2ClH.Pd/c2*1-7(2,3)9-8(4,5)6;;;/h2*1-6H3;2*1H;/q2*-1;;;+2. The number of hydrogen-bond donors (Lipinski definition) is 0. The average molecular weight is 470 g/mol. The summed E-state index contributed by atoms with van der Waals surface area (Å²) in [4.78, 5) is 0. The minimum Gasteiger partial charge on any atom is -0.147 e. The second kappa shape index (κ2) is 8.98. The van der Waals surface area contributed by atoms with Crippen molar-refractivity contribution < 1.29 is 17.0 Å². The fraction of sp³-hybridized carbons (Fsp3) is 1.00.